The lowest BCUT2D eigenvalue weighted by atomic mass is 9.85. The summed E-state index contributed by atoms with van der Waals surface area (Å²) in [4.78, 5) is 0. The monoisotopic (exact) mass is 414 g/mol. The molecule has 154 valence electrons. The highest BCUT2D eigenvalue weighted by Crippen LogP contribution is 2.49. The van der Waals surface area contributed by atoms with Crippen molar-refractivity contribution in [2.24, 2.45) is 0 Å². The van der Waals surface area contributed by atoms with E-state index in [1.165, 1.54) is 32.7 Å². The molecule has 6 aromatic carbocycles. The average molecular weight is 415 g/mol. The van der Waals surface area contributed by atoms with Crippen LogP contribution in [0.2, 0.25) is 0 Å². The van der Waals surface area contributed by atoms with Gasteiger partial charge in [0.05, 0.1) is 14.2 Å². The lowest BCUT2D eigenvalue weighted by Crippen LogP contribution is -1.95. The summed E-state index contributed by atoms with van der Waals surface area (Å²) < 4.78 is 11.8. The Morgan fingerprint density at radius 2 is 0.562 bits per heavy atom. The molecule has 0 bridgehead atoms. The molecule has 0 aliphatic heterocycles. The first-order chi connectivity index (χ1) is 15.8. The molecule has 0 spiro atoms. The van der Waals surface area contributed by atoms with Crippen molar-refractivity contribution in [2.75, 3.05) is 14.2 Å². The van der Waals surface area contributed by atoms with Gasteiger partial charge in [-0.1, -0.05) is 97.1 Å². The molecule has 0 saturated carbocycles. The predicted octanol–water partition coefficient (Wildman–Crippen LogP) is 7.98. The van der Waals surface area contributed by atoms with Crippen LogP contribution in [0.5, 0.6) is 11.5 Å². The SMILES string of the molecule is COc1c2ccccc2c(-c2c3ccccc3c(OC)c3ccccc23)c2ccccc12. The largest absolute Gasteiger partial charge is 0.495 e. The highest BCUT2D eigenvalue weighted by molar-refractivity contribution is 6.26. The van der Waals surface area contributed by atoms with Gasteiger partial charge in [0.1, 0.15) is 11.5 Å². The predicted molar refractivity (Wildman–Crippen MR) is 135 cm³/mol. The Morgan fingerprint density at radius 3 is 0.781 bits per heavy atom. The second kappa shape index (κ2) is 7.28. The second-order valence-corrected chi connectivity index (χ2v) is 8.00. The van der Waals surface area contributed by atoms with Gasteiger partial charge in [0.2, 0.25) is 0 Å². The van der Waals surface area contributed by atoms with Gasteiger partial charge in [-0.05, 0) is 32.7 Å². The zero-order chi connectivity index (χ0) is 21.7. The summed E-state index contributed by atoms with van der Waals surface area (Å²) in [7, 11) is 3.51. The maximum absolute atomic E-state index is 5.92. The van der Waals surface area contributed by atoms with Gasteiger partial charge in [0.15, 0.2) is 0 Å². The Bertz CT molecular complexity index is 1410. The lowest BCUT2D eigenvalue weighted by Gasteiger charge is -2.20. The van der Waals surface area contributed by atoms with E-state index in [0.717, 1.165) is 33.0 Å². The summed E-state index contributed by atoms with van der Waals surface area (Å²) in [5, 5.41) is 9.21. The molecule has 0 heterocycles. The average Bonchev–Trinajstić information content (AvgIpc) is 2.86. The van der Waals surface area contributed by atoms with E-state index in [2.05, 4.69) is 97.1 Å². The van der Waals surface area contributed by atoms with Crippen LogP contribution >= 0.6 is 0 Å². The standard InChI is InChI=1S/C30H22O2/c1-31-29-23-15-7-3-11-19(23)27(20-12-4-8-16-24(20)29)28-21-13-5-9-17-25(21)30(32-2)26-18-10-6-14-22(26)28/h3-18H,1-2H3. The Balaban J connectivity index is 1.95. The Kier molecular flexibility index (Phi) is 4.26. The van der Waals surface area contributed by atoms with E-state index < -0.39 is 0 Å². The van der Waals surface area contributed by atoms with E-state index in [1.54, 1.807) is 14.2 Å². The topological polar surface area (TPSA) is 18.5 Å². The van der Waals surface area contributed by atoms with Crippen molar-refractivity contribution in [1.29, 1.82) is 0 Å². The van der Waals surface area contributed by atoms with E-state index >= 15 is 0 Å². The molecule has 0 aromatic heterocycles. The first kappa shape index (κ1) is 18.7. The Morgan fingerprint density at radius 1 is 0.344 bits per heavy atom. The van der Waals surface area contributed by atoms with E-state index in [1.807, 2.05) is 0 Å². The number of methoxy groups -OCH3 is 2. The van der Waals surface area contributed by atoms with Crippen LogP contribution in [-0.2, 0) is 0 Å². The Hall–Kier alpha value is -4.04. The molecule has 0 radical (unpaired) electrons. The number of benzene rings is 6. The Labute approximate surface area is 186 Å². The molecule has 0 aliphatic rings. The van der Waals surface area contributed by atoms with Crippen molar-refractivity contribution < 1.29 is 9.47 Å². The van der Waals surface area contributed by atoms with Crippen molar-refractivity contribution in [3.63, 3.8) is 0 Å². The number of hydrogen-bond acceptors (Lipinski definition) is 2. The number of hydrogen-bond donors (Lipinski definition) is 0. The van der Waals surface area contributed by atoms with Crippen LogP contribution in [0.3, 0.4) is 0 Å². The minimum atomic E-state index is 0.919. The van der Waals surface area contributed by atoms with Crippen LogP contribution in [0.25, 0.3) is 54.2 Å². The molecule has 32 heavy (non-hydrogen) atoms. The van der Waals surface area contributed by atoms with E-state index in [4.69, 9.17) is 9.47 Å². The fraction of sp³-hybridized carbons (Fsp3) is 0.0667. The van der Waals surface area contributed by atoms with E-state index in [9.17, 15) is 0 Å². The third kappa shape index (κ3) is 2.53. The zero-order valence-electron chi connectivity index (χ0n) is 18.1. The van der Waals surface area contributed by atoms with Crippen molar-refractivity contribution in [2.45, 2.75) is 0 Å². The van der Waals surface area contributed by atoms with Crippen LogP contribution in [0.1, 0.15) is 0 Å². The first-order valence-electron chi connectivity index (χ1n) is 10.8. The van der Waals surface area contributed by atoms with Gasteiger partial charge >= 0.3 is 0 Å². The fourth-order valence-electron chi connectivity index (χ4n) is 5.16. The number of fused-ring (bicyclic) bond motifs is 4. The highest BCUT2D eigenvalue weighted by Gasteiger charge is 2.21. The van der Waals surface area contributed by atoms with Gasteiger partial charge in [0, 0.05) is 21.5 Å². The lowest BCUT2D eigenvalue weighted by molar-refractivity contribution is 0.424. The number of rotatable bonds is 3. The van der Waals surface area contributed by atoms with Crippen molar-refractivity contribution in [3.8, 4) is 22.6 Å². The summed E-state index contributed by atoms with van der Waals surface area (Å²) in [6.45, 7) is 0. The molecular weight excluding hydrogens is 392 g/mol. The molecule has 0 N–H and O–H groups in total. The molecule has 0 atom stereocenters. The van der Waals surface area contributed by atoms with E-state index in [-0.39, 0.29) is 0 Å². The molecule has 0 aliphatic carbocycles. The molecule has 6 aromatic rings. The molecule has 0 saturated heterocycles. The van der Waals surface area contributed by atoms with Crippen LogP contribution in [-0.4, -0.2) is 14.2 Å². The minimum absolute atomic E-state index is 0.919. The van der Waals surface area contributed by atoms with Crippen LogP contribution in [0.4, 0.5) is 0 Å². The normalized spacial score (nSPS) is 11.4. The first-order valence-corrected chi connectivity index (χ1v) is 10.8. The summed E-state index contributed by atoms with van der Waals surface area (Å²) in [5.74, 6) is 1.84. The van der Waals surface area contributed by atoms with Gasteiger partial charge < -0.3 is 9.47 Å². The second-order valence-electron chi connectivity index (χ2n) is 8.00. The van der Waals surface area contributed by atoms with Crippen molar-refractivity contribution in [1.82, 2.24) is 0 Å². The van der Waals surface area contributed by atoms with Gasteiger partial charge in [-0.3, -0.25) is 0 Å². The van der Waals surface area contributed by atoms with E-state index in [0.29, 0.717) is 0 Å². The van der Waals surface area contributed by atoms with Gasteiger partial charge in [-0.15, -0.1) is 0 Å². The summed E-state index contributed by atoms with van der Waals surface area (Å²) in [6.07, 6.45) is 0. The van der Waals surface area contributed by atoms with Crippen LogP contribution in [0.15, 0.2) is 97.1 Å². The summed E-state index contributed by atoms with van der Waals surface area (Å²) in [6, 6.07) is 34.1. The molecule has 0 amide bonds. The minimum Gasteiger partial charge on any atom is -0.495 e. The molecule has 2 nitrogen and oxygen atoms in total. The molecular formula is C30H22O2. The van der Waals surface area contributed by atoms with Crippen LogP contribution in [0, 0.1) is 0 Å². The maximum Gasteiger partial charge on any atom is 0.134 e. The zero-order valence-corrected chi connectivity index (χ0v) is 18.1. The van der Waals surface area contributed by atoms with Crippen molar-refractivity contribution in [3.05, 3.63) is 97.1 Å². The quantitative estimate of drug-likeness (QED) is 0.273. The van der Waals surface area contributed by atoms with Crippen molar-refractivity contribution >= 4 is 43.1 Å². The van der Waals surface area contributed by atoms with Gasteiger partial charge in [-0.25, -0.2) is 0 Å². The molecule has 0 unspecified atom stereocenters. The fourth-order valence-corrected chi connectivity index (χ4v) is 5.16. The van der Waals surface area contributed by atoms with Crippen LogP contribution < -0.4 is 9.47 Å². The smallest absolute Gasteiger partial charge is 0.134 e. The molecule has 2 heteroatoms. The summed E-state index contributed by atoms with van der Waals surface area (Å²) >= 11 is 0. The number of ether oxygens (including phenoxy) is 2. The molecule has 0 fully saturated rings. The maximum atomic E-state index is 5.92. The third-order valence-corrected chi connectivity index (χ3v) is 6.42. The highest BCUT2D eigenvalue weighted by atomic mass is 16.5. The molecule has 6 rings (SSSR count). The van der Waals surface area contributed by atoms with Gasteiger partial charge in [0.25, 0.3) is 0 Å². The van der Waals surface area contributed by atoms with Gasteiger partial charge in [-0.2, -0.15) is 0 Å². The third-order valence-electron chi connectivity index (χ3n) is 6.42. The summed E-state index contributed by atoms with van der Waals surface area (Å²) in [5.41, 5.74) is 2.46.